The number of hydrogen-bond acceptors (Lipinski definition) is 6. The van der Waals surface area contributed by atoms with Crippen LogP contribution < -0.4 is 19.1 Å². The molecule has 1 heterocycles. The van der Waals surface area contributed by atoms with Gasteiger partial charge in [-0.05, 0) is 41.8 Å². The summed E-state index contributed by atoms with van der Waals surface area (Å²) in [6, 6.07) is 21.3. The third-order valence-corrected chi connectivity index (χ3v) is 8.24. The molecule has 1 aliphatic heterocycles. The molecule has 0 aromatic heterocycles. The van der Waals surface area contributed by atoms with Crippen molar-refractivity contribution in [3.8, 4) is 11.5 Å². The number of sulfonamides is 1. The number of amides is 2. The van der Waals surface area contributed by atoms with E-state index in [2.05, 4.69) is 21.2 Å². The number of benzene rings is 3. The zero-order valence-electron chi connectivity index (χ0n) is 22.4. The van der Waals surface area contributed by atoms with Crippen molar-refractivity contribution in [3.05, 3.63) is 88.4 Å². The van der Waals surface area contributed by atoms with Gasteiger partial charge in [0.05, 0.1) is 11.9 Å². The van der Waals surface area contributed by atoms with E-state index in [1.807, 2.05) is 54.6 Å². The number of likely N-dealkylation sites (N-methyl/N-ethyl adjacent to an activating group) is 1. The van der Waals surface area contributed by atoms with E-state index in [-0.39, 0.29) is 44.5 Å². The molecule has 3 aromatic carbocycles. The highest BCUT2D eigenvalue weighted by Crippen LogP contribution is 2.36. The van der Waals surface area contributed by atoms with Crippen molar-refractivity contribution >= 4 is 43.5 Å². The van der Waals surface area contributed by atoms with Gasteiger partial charge in [0.2, 0.25) is 28.6 Å². The van der Waals surface area contributed by atoms with Gasteiger partial charge < -0.3 is 19.7 Å². The molecule has 0 fully saturated rings. The highest BCUT2D eigenvalue weighted by molar-refractivity contribution is 9.10. The maximum Gasteiger partial charge on any atom is 0.242 e. The Balaban J connectivity index is 1.55. The van der Waals surface area contributed by atoms with Crippen LogP contribution in [0.3, 0.4) is 0 Å². The monoisotopic (exact) mass is 629 g/mol. The minimum atomic E-state index is -3.64. The number of fused-ring (bicyclic) bond motifs is 1. The van der Waals surface area contributed by atoms with E-state index in [1.165, 1.54) is 4.31 Å². The van der Waals surface area contributed by atoms with Crippen molar-refractivity contribution in [2.45, 2.75) is 31.8 Å². The average Bonchev–Trinajstić information content (AvgIpc) is 3.40. The average molecular weight is 631 g/mol. The lowest BCUT2D eigenvalue weighted by Gasteiger charge is -2.31. The first kappa shape index (κ1) is 29.4. The molecular weight excluding hydrogens is 598 g/mol. The number of ether oxygens (including phenoxy) is 2. The van der Waals surface area contributed by atoms with Gasteiger partial charge in [-0.2, -0.15) is 0 Å². The molecule has 212 valence electrons. The molecule has 0 saturated heterocycles. The second-order valence-electron chi connectivity index (χ2n) is 9.45. The van der Waals surface area contributed by atoms with Crippen LogP contribution in [0.1, 0.15) is 24.0 Å². The molecular formula is C29H32BrN3O6S. The summed E-state index contributed by atoms with van der Waals surface area (Å²) in [6.45, 7) is 0.384. The minimum Gasteiger partial charge on any atom is -0.454 e. The number of rotatable bonds is 12. The summed E-state index contributed by atoms with van der Waals surface area (Å²) in [6.07, 6.45) is 1.77. The fourth-order valence-electron chi connectivity index (χ4n) is 4.60. The summed E-state index contributed by atoms with van der Waals surface area (Å²) in [4.78, 5) is 28.4. The van der Waals surface area contributed by atoms with Crippen molar-refractivity contribution in [2.75, 3.05) is 30.9 Å². The van der Waals surface area contributed by atoms with E-state index in [9.17, 15) is 18.0 Å². The maximum atomic E-state index is 13.7. The lowest BCUT2D eigenvalue weighted by atomic mass is 10.0. The van der Waals surface area contributed by atoms with Gasteiger partial charge in [-0.3, -0.25) is 13.9 Å². The van der Waals surface area contributed by atoms with Crippen LogP contribution >= 0.6 is 15.9 Å². The molecule has 0 radical (unpaired) electrons. The smallest absolute Gasteiger partial charge is 0.242 e. The summed E-state index contributed by atoms with van der Waals surface area (Å²) in [5.41, 5.74) is 2.22. The van der Waals surface area contributed by atoms with Gasteiger partial charge in [-0.25, -0.2) is 8.42 Å². The number of nitrogens with one attached hydrogen (secondary N) is 1. The second-order valence-corrected chi connectivity index (χ2v) is 12.3. The van der Waals surface area contributed by atoms with Crippen molar-refractivity contribution in [1.82, 2.24) is 10.2 Å². The van der Waals surface area contributed by atoms with Crippen LogP contribution in [0, 0.1) is 0 Å². The van der Waals surface area contributed by atoms with E-state index in [0.717, 1.165) is 21.9 Å². The zero-order valence-corrected chi connectivity index (χ0v) is 24.8. The Morgan fingerprint density at radius 3 is 2.40 bits per heavy atom. The molecule has 1 aliphatic rings. The minimum absolute atomic E-state index is 0.0485. The highest BCUT2D eigenvalue weighted by atomic mass is 79.9. The van der Waals surface area contributed by atoms with Crippen LogP contribution in [-0.2, 0) is 32.6 Å². The summed E-state index contributed by atoms with van der Waals surface area (Å²) in [5.74, 6) is 0.500. The standard InChI is InChI=1S/C29H32BrN3O6S/c1-31-29(35)25(17-21-8-4-3-5-9-21)32(19-22-10-6-11-23(30)16-22)28(34)12-7-15-33(40(2,36)37)24-13-14-26-27(18-24)39-20-38-26/h3-6,8-11,13-14,16,18,25H,7,12,15,17,19-20H2,1-2H3,(H,31,35)/t25-/m1/s1. The van der Waals surface area contributed by atoms with Gasteiger partial charge >= 0.3 is 0 Å². The van der Waals surface area contributed by atoms with Crippen LogP contribution in [0.2, 0.25) is 0 Å². The van der Waals surface area contributed by atoms with Crippen LogP contribution in [0.25, 0.3) is 0 Å². The molecule has 0 saturated carbocycles. The Morgan fingerprint density at radius 2 is 1.70 bits per heavy atom. The first-order chi connectivity index (χ1) is 19.2. The Kier molecular flexibility index (Phi) is 9.70. The molecule has 0 bridgehead atoms. The highest BCUT2D eigenvalue weighted by Gasteiger charge is 2.30. The van der Waals surface area contributed by atoms with Crippen LogP contribution in [0.5, 0.6) is 11.5 Å². The Labute approximate surface area is 243 Å². The van der Waals surface area contributed by atoms with Crippen molar-refractivity contribution in [2.24, 2.45) is 0 Å². The normalized spacial score (nSPS) is 13.0. The number of nitrogens with zero attached hydrogens (tertiary/aromatic N) is 2. The van der Waals surface area contributed by atoms with Crippen LogP contribution in [0.15, 0.2) is 77.3 Å². The van der Waals surface area contributed by atoms with E-state index < -0.39 is 16.1 Å². The molecule has 9 nitrogen and oxygen atoms in total. The van der Waals surface area contributed by atoms with Gasteiger partial charge in [0.1, 0.15) is 6.04 Å². The van der Waals surface area contributed by atoms with E-state index >= 15 is 0 Å². The Hall–Kier alpha value is -3.57. The first-order valence-electron chi connectivity index (χ1n) is 12.8. The van der Waals surface area contributed by atoms with Crippen molar-refractivity contribution in [3.63, 3.8) is 0 Å². The summed E-state index contributed by atoms with van der Waals surface area (Å²) >= 11 is 3.48. The molecule has 2 amide bonds. The lowest BCUT2D eigenvalue weighted by molar-refractivity contribution is -0.141. The predicted octanol–water partition coefficient (Wildman–Crippen LogP) is 4.11. The van der Waals surface area contributed by atoms with Crippen LogP contribution in [0.4, 0.5) is 5.69 Å². The SMILES string of the molecule is CNC(=O)[C@@H](Cc1ccccc1)N(Cc1cccc(Br)c1)C(=O)CCCN(c1ccc2c(c1)OCO2)S(C)(=O)=O. The van der Waals surface area contributed by atoms with Gasteiger partial charge in [0.15, 0.2) is 11.5 Å². The molecule has 11 heteroatoms. The lowest BCUT2D eigenvalue weighted by Crippen LogP contribution is -2.49. The summed E-state index contributed by atoms with van der Waals surface area (Å²) in [7, 11) is -2.09. The number of carbonyl (C=O) groups is 2. The van der Waals surface area contributed by atoms with Gasteiger partial charge in [0, 0.05) is 43.5 Å². The molecule has 1 N–H and O–H groups in total. The third kappa shape index (κ3) is 7.54. The number of halogens is 1. The number of carbonyl (C=O) groups excluding carboxylic acids is 2. The second kappa shape index (κ2) is 13.2. The van der Waals surface area contributed by atoms with Gasteiger partial charge in [-0.15, -0.1) is 0 Å². The fraction of sp³-hybridized carbons (Fsp3) is 0.310. The molecule has 0 unspecified atom stereocenters. The molecule has 0 aliphatic carbocycles. The molecule has 0 spiro atoms. The van der Waals surface area contributed by atoms with Crippen molar-refractivity contribution in [1.29, 1.82) is 0 Å². The maximum absolute atomic E-state index is 13.7. The van der Waals surface area contributed by atoms with Gasteiger partial charge in [0.25, 0.3) is 0 Å². The Bertz CT molecular complexity index is 1450. The molecule has 40 heavy (non-hydrogen) atoms. The largest absolute Gasteiger partial charge is 0.454 e. The zero-order chi connectivity index (χ0) is 28.7. The third-order valence-electron chi connectivity index (χ3n) is 6.56. The first-order valence-corrected chi connectivity index (χ1v) is 15.5. The number of anilines is 1. The van der Waals surface area contributed by atoms with E-state index in [4.69, 9.17) is 9.47 Å². The van der Waals surface area contributed by atoms with Crippen molar-refractivity contribution < 1.29 is 27.5 Å². The molecule has 4 rings (SSSR count). The van der Waals surface area contributed by atoms with Gasteiger partial charge in [-0.1, -0.05) is 58.4 Å². The van der Waals surface area contributed by atoms with E-state index in [0.29, 0.717) is 23.6 Å². The van der Waals surface area contributed by atoms with E-state index in [1.54, 1.807) is 30.1 Å². The molecule has 1 atom stereocenters. The predicted molar refractivity (Wildman–Crippen MR) is 157 cm³/mol. The van der Waals surface area contributed by atoms with Crippen LogP contribution in [-0.4, -0.2) is 57.8 Å². The summed E-state index contributed by atoms with van der Waals surface area (Å²) < 4.78 is 38.2. The Morgan fingerprint density at radius 1 is 0.975 bits per heavy atom. The topological polar surface area (TPSA) is 105 Å². The summed E-state index contributed by atoms with van der Waals surface area (Å²) in [5, 5.41) is 2.70. The fourth-order valence-corrected chi connectivity index (χ4v) is 6.00. The number of hydrogen-bond donors (Lipinski definition) is 1. The quantitative estimate of drug-likeness (QED) is 0.323. The molecule has 3 aromatic rings.